The third kappa shape index (κ3) is 5.32. The predicted octanol–water partition coefficient (Wildman–Crippen LogP) is 5.67. The summed E-state index contributed by atoms with van der Waals surface area (Å²) in [5, 5.41) is 13.9. The standard InChI is InChI=1S/C26H32N7O/c1-18(2)16-26(12-14-27-15-13-26)20-8-10-21(11-9-20)29-25(34)31-23-7-5-6-22(30-23)24-32-28-17-33(24)19(3)4/h5-11,14,17,19H,12-13,15-16H2,1-4H3,(H2,29,30,31,34). The maximum Gasteiger partial charge on any atom is 0.324 e. The minimum Gasteiger partial charge on any atom is -0.310 e. The maximum absolute atomic E-state index is 12.6. The summed E-state index contributed by atoms with van der Waals surface area (Å²) in [5.74, 6) is 2.52. The summed E-state index contributed by atoms with van der Waals surface area (Å²) in [7, 11) is 0. The van der Waals surface area contributed by atoms with Crippen LogP contribution in [0.3, 0.4) is 0 Å². The topological polar surface area (TPSA) is 97.1 Å². The SMILES string of the molecule is C[C](C)CC1(c2ccc(NC(=O)Nc3cccc(-c4nncn4C(C)C)n3)cc2)CC=NCC1. The van der Waals surface area contributed by atoms with E-state index in [1.807, 2.05) is 28.8 Å². The number of urea groups is 1. The van der Waals surface area contributed by atoms with E-state index in [0.717, 1.165) is 31.5 Å². The van der Waals surface area contributed by atoms with Gasteiger partial charge in [0.1, 0.15) is 17.8 Å². The number of rotatable bonds is 7. The lowest BCUT2D eigenvalue weighted by molar-refractivity contribution is 0.262. The number of carbonyl (C=O) groups excluding carboxylic acids is 1. The molecule has 1 aliphatic rings. The van der Waals surface area contributed by atoms with Gasteiger partial charge >= 0.3 is 6.03 Å². The Morgan fingerprint density at radius 3 is 2.59 bits per heavy atom. The van der Waals surface area contributed by atoms with E-state index in [9.17, 15) is 4.79 Å². The van der Waals surface area contributed by atoms with Crippen molar-refractivity contribution in [2.24, 2.45) is 4.99 Å². The van der Waals surface area contributed by atoms with Gasteiger partial charge in [-0.05, 0) is 75.1 Å². The summed E-state index contributed by atoms with van der Waals surface area (Å²) in [6.45, 7) is 9.33. The molecule has 1 radical (unpaired) electrons. The molecule has 0 saturated carbocycles. The van der Waals surface area contributed by atoms with Crippen LogP contribution in [-0.4, -0.2) is 38.5 Å². The Morgan fingerprint density at radius 1 is 1.12 bits per heavy atom. The number of benzene rings is 1. The van der Waals surface area contributed by atoms with Gasteiger partial charge in [-0.15, -0.1) is 10.2 Å². The normalized spacial score (nSPS) is 17.8. The van der Waals surface area contributed by atoms with Gasteiger partial charge < -0.3 is 9.88 Å². The lowest BCUT2D eigenvalue weighted by Gasteiger charge is -2.36. The largest absolute Gasteiger partial charge is 0.324 e. The fraction of sp³-hybridized carbons (Fsp3) is 0.385. The molecule has 0 bridgehead atoms. The summed E-state index contributed by atoms with van der Waals surface area (Å²) >= 11 is 0. The highest BCUT2D eigenvalue weighted by atomic mass is 16.2. The summed E-state index contributed by atoms with van der Waals surface area (Å²) < 4.78 is 1.94. The molecule has 8 heteroatoms. The smallest absolute Gasteiger partial charge is 0.310 e. The second-order valence-electron chi connectivity index (χ2n) is 9.43. The second kappa shape index (κ2) is 10.2. The zero-order valence-electron chi connectivity index (χ0n) is 20.2. The van der Waals surface area contributed by atoms with Gasteiger partial charge in [-0.1, -0.05) is 32.0 Å². The van der Waals surface area contributed by atoms with E-state index in [-0.39, 0.29) is 17.5 Å². The van der Waals surface area contributed by atoms with Crippen molar-refractivity contribution >= 4 is 23.8 Å². The maximum atomic E-state index is 12.6. The number of hydrogen-bond acceptors (Lipinski definition) is 5. The first kappa shape index (κ1) is 23.6. The first-order valence-electron chi connectivity index (χ1n) is 11.7. The molecule has 1 unspecified atom stereocenters. The minimum absolute atomic E-state index is 0.0856. The van der Waals surface area contributed by atoms with Gasteiger partial charge in [0.2, 0.25) is 0 Å². The molecule has 1 aliphatic heterocycles. The monoisotopic (exact) mass is 458 g/mol. The summed E-state index contributed by atoms with van der Waals surface area (Å²) in [5.41, 5.74) is 2.75. The van der Waals surface area contributed by atoms with Crippen molar-refractivity contribution in [3.05, 3.63) is 60.3 Å². The van der Waals surface area contributed by atoms with Crippen LogP contribution in [0.1, 0.15) is 58.6 Å². The van der Waals surface area contributed by atoms with Gasteiger partial charge in [-0.25, -0.2) is 9.78 Å². The summed E-state index contributed by atoms with van der Waals surface area (Å²) in [6, 6.07) is 13.5. The van der Waals surface area contributed by atoms with E-state index in [1.54, 1.807) is 12.4 Å². The molecule has 177 valence electrons. The molecule has 4 rings (SSSR count). The quantitative estimate of drug-likeness (QED) is 0.476. The molecule has 3 heterocycles. The first-order valence-corrected chi connectivity index (χ1v) is 11.7. The predicted molar refractivity (Wildman–Crippen MR) is 136 cm³/mol. The minimum atomic E-state index is -0.347. The molecule has 0 saturated heterocycles. The van der Waals surface area contributed by atoms with E-state index in [1.165, 1.54) is 11.5 Å². The van der Waals surface area contributed by atoms with Crippen molar-refractivity contribution in [3.8, 4) is 11.5 Å². The Balaban J connectivity index is 1.44. The number of aromatic nitrogens is 4. The molecule has 0 fully saturated rings. The Bertz CT molecular complexity index is 1150. The third-order valence-corrected chi connectivity index (χ3v) is 6.13. The van der Waals surface area contributed by atoms with Crippen molar-refractivity contribution < 1.29 is 4.79 Å². The van der Waals surface area contributed by atoms with E-state index < -0.39 is 0 Å². The molecule has 1 aromatic carbocycles. The Kier molecular flexibility index (Phi) is 7.05. The average Bonchev–Trinajstić information content (AvgIpc) is 3.30. The number of anilines is 2. The van der Waals surface area contributed by atoms with E-state index in [2.05, 4.69) is 76.8 Å². The fourth-order valence-corrected chi connectivity index (χ4v) is 4.53. The Labute approximate surface area is 200 Å². The van der Waals surface area contributed by atoms with Crippen molar-refractivity contribution in [3.63, 3.8) is 0 Å². The van der Waals surface area contributed by atoms with Crippen molar-refractivity contribution in [2.45, 2.75) is 58.4 Å². The number of nitrogens with one attached hydrogen (secondary N) is 2. The molecule has 0 aliphatic carbocycles. The Hall–Kier alpha value is -3.55. The van der Waals surface area contributed by atoms with Gasteiger partial charge in [-0.2, -0.15) is 0 Å². The van der Waals surface area contributed by atoms with Crippen molar-refractivity contribution in [2.75, 3.05) is 17.2 Å². The third-order valence-electron chi connectivity index (χ3n) is 6.13. The van der Waals surface area contributed by atoms with Crippen molar-refractivity contribution in [1.82, 2.24) is 19.7 Å². The van der Waals surface area contributed by atoms with Crippen LogP contribution in [0.4, 0.5) is 16.3 Å². The zero-order chi connectivity index (χ0) is 24.1. The van der Waals surface area contributed by atoms with Crippen LogP contribution >= 0.6 is 0 Å². The number of pyridine rings is 1. The molecule has 2 aromatic heterocycles. The summed E-state index contributed by atoms with van der Waals surface area (Å²) in [6.07, 6.45) is 6.75. The number of nitrogens with zero attached hydrogens (tertiary/aromatic N) is 5. The number of amides is 2. The van der Waals surface area contributed by atoms with Crippen LogP contribution in [0.15, 0.2) is 53.8 Å². The van der Waals surface area contributed by atoms with Crippen LogP contribution in [0, 0.1) is 5.92 Å². The molecule has 0 spiro atoms. The van der Waals surface area contributed by atoms with Gasteiger partial charge in [0, 0.05) is 23.7 Å². The molecule has 8 nitrogen and oxygen atoms in total. The van der Waals surface area contributed by atoms with Gasteiger partial charge in [0.15, 0.2) is 5.82 Å². The van der Waals surface area contributed by atoms with Gasteiger partial charge in [0.05, 0.1) is 0 Å². The fourth-order valence-electron chi connectivity index (χ4n) is 4.53. The van der Waals surface area contributed by atoms with Crippen LogP contribution in [0.25, 0.3) is 11.5 Å². The van der Waals surface area contributed by atoms with Gasteiger partial charge in [0.25, 0.3) is 0 Å². The molecular weight excluding hydrogens is 426 g/mol. The molecule has 1 atom stereocenters. The highest BCUT2D eigenvalue weighted by Gasteiger charge is 2.33. The first-order chi connectivity index (χ1) is 16.4. The second-order valence-corrected chi connectivity index (χ2v) is 9.43. The summed E-state index contributed by atoms with van der Waals surface area (Å²) in [4.78, 5) is 21.6. The van der Waals surface area contributed by atoms with E-state index in [4.69, 9.17) is 0 Å². The van der Waals surface area contributed by atoms with Crippen molar-refractivity contribution in [1.29, 1.82) is 0 Å². The zero-order valence-corrected chi connectivity index (χ0v) is 20.2. The van der Waals surface area contributed by atoms with E-state index >= 15 is 0 Å². The molecule has 2 amide bonds. The number of carbonyl (C=O) groups is 1. The molecule has 2 N–H and O–H groups in total. The number of hydrogen-bond donors (Lipinski definition) is 2. The van der Waals surface area contributed by atoms with Crippen LogP contribution in [-0.2, 0) is 5.41 Å². The number of aliphatic imine (C=N–C) groups is 1. The molecular formula is C26H32N7O. The highest BCUT2D eigenvalue weighted by Crippen LogP contribution is 2.40. The van der Waals surface area contributed by atoms with Gasteiger partial charge in [-0.3, -0.25) is 10.3 Å². The Morgan fingerprint density at radius 2 is 1.91 bits per heavy atom. The highest BCUT2D eigenvalue weighted by molar-refractivity contribution is 5.99. The molecule has 3 aromatic rings. The average molecular weight is 459 g/mol. The van der Waals surface area contributed by atoms with Crippen LogP contribution in [0.5, 0.6) is 0 Å². The molecule has 34 heavy (non-hydrogen) atoms. The van der Waals surface area contributed by atoms with E-state index in [0.29, 0.717) is 17.3 Å². The lowest BCUT2D eigenvalue weighted by atomic mass is 9.69. The van der Waals surface area contributed by atoms with Crippen LogP contribution in [0.2, 0.25) is 0 Å². The van der Waals surface area contributed by atoms with Crippen LogP contribution < -0.4 is 10.6 Å². The lowest BCUT2D eigenvalue weighted by Crippen LogP contribution is -2.31.